The van der Waals surface area contributed by atoms with Gasteiger partial charge in [0.05, 0.1) is 23.1 Å². The third-order valence-electron chi connectivity index (χ3n) is 5.28. The quantitative estimate of drug-likeness (QED) is 0.618. The minimum absolute atomic E-state index is 0.0107. The predicted molar refractivity (Wildman–Crippen MR) is 109 cm³/mol. The molecular weight excluding hydrogens is 426 g/mol. The number of piperazine rings is 1. The Morgan fingerprint density at radius 1 is 1.00 bits per heavy atom. The van der Waals surface area contributed by atoms with E-state index >= 15 is 0 Å². The SMILES string of the molecule is Cc1c(C(=O)N2CCN(S(=O)(=O)c3ccc(F)cc3F)CC2)cnn1-c1ccccc1. The van der Waals surface area contributed by atoms with Gasteiger partial charge in [0.15, 0.2) is 0 Å². The van der Waals surface area contributed by atoms with Crippen molar-refractivity contribution in [2.24, 2.45) is 0 Å². The van der Waals surface area contributed by atoms with Gasteiger partial charge in [-0.2, -0.15) is 9.40 Å². The van der Waals surface area contributed by atoms with Crippen LogP contribution >= 0.6 is 0 Å². The van der Waals surface area contributed by atoms with Crippen LogP contribution in [0.25, 0.3) is 5.69 Å². The Balaban J connectivity index is 1.48. The van der Waals surface area contributed by atoms with Gasteiger partial charge in [-0.1, -0.05) is 18.2 Å². The molecule has 2 heterocycles. The molecule has 0 N–H and O–H groups in total. The minimum atomic E-state index is -4.13. The van der Waals surface area contributed by atoms with E-state index in [9.17, 15) is 22.0 Å². The van der Waals surface area contributed by atoms with Crippen molar-refractivity contribution in [2.45, 2.75) is 11.8 Å². The Kier molecular flexibility index (Phi) is 5.59. The van der Waals surface area contributed by atoms with E-state index in [1.807, 2.05) is 30.3 Å². The van der Waals surface area contributed by atoms with Gasteiger partial charge in [-0.3, -0.25) is 4.79 Å². The molecule has 1 amide bonds. The molecule has 10 heteroatoms. The van der Waals surface area contributed by atoms with E-state index in [0.29, 0.717) is 17.3 Å². The van der Waals surface area contributed by atoms with Crippen LogP contribution in [0.1, 0.15) is 16.1 Å². The molecule has 31 heavy (non-hydrogen) atoms. The summed E-state index contributed by atoms with van der Waals surface area (Å²) in [6.07, 6.45) is 1.50. The van der Waals surface area contributed by atoms with Crippen LogP contribution in [-0.4, -0.2) is 59.5 Å². The van der Waals surface area contributed by atoms with Gasteiger partial charge in [-0.25, -0.2) is 21.9 Å². The van der Waals surface area contributed by atoms with Crippen molar-refractivity contribution in [1.29, 1.82) is 0 Å². The molecule has 0 radical (unpaired) electrons. The second kappa shape index (κ2) is 8.20. The van der Waals surface area contributed by atoms with E-state index in [1.165, 1.54) is 6.20 Å². The standard InChI is InChI=1S/C21H20F2N4O3S/c1-15-18(14-24-27(15)17-5-3-2-4-6-17)21(28)25-9-11-26(12-10-25)31(29,30)20-8-7-16(22)13-19(20)23/h2-8,13-14H,9-12H2,1H3. The van der Waals surface area contributed by atoms with Gasteiger partial charge in [-0.05, 0) is 31.2 Å². The van der Waals surface area contributed by atoms with Gasteiger partial charge < -0.3 is 4.90 Å². The van der Waals surface area contributed by atoms with Gasteiger partial charge >= 0.3 is 0 Å². The van der Waals surface area contributed by atoms with Gasteiger partial charge in [0.1, 0.15) is 16.5 Å². The maximum absolute atomic E-state index is 14.0. The lowest BCUT2D eigenvalue weighted by molar-refractivity contribution is 0.0697. The number of carbonyl (C=O) groups is 1. The molecule has 0 unspecified atom stereocenters. The van der Waals surface area contributed by atoms with Gasteiger partial charge in [0, 0.05) is 32.2 Å². The Morgan fingerprint density at radius 3 is 2.32 bits per heavy atom. The predicted octanol–water partition coefficient (Wildman–Crippen LogP) is 2.61. The fraction of sp³-hybridized carbons (Fsp3) is 0.238. The molecule has 3 aromatic rings. The van der Waals surface area contributed by atoms with Crippen LogP contribution in [0.3, 0.4) is 0 Å². The summed E-state index contributed by atoms with van der Waals surface area (Å²) < 4.78 is 55.3. The zero-order valence-electron chi connectivity index (χ0n) is 16.7. The topological polar surface area (TPSA) is 75.5 Å². The first kappa shape index (κ1) is 21.1. The van der Waals surface area contributed by atoms with Crippen molar-refractivity contribution in [3.63, 3.8) is 0 Å². The maximum Gasteiger partial charge on any atom is 0.257 e. The highest BCUT2D eigenvalue weighted by Crippen LogP contribution is 2.22. The molecule has 1 aliphatic rings. The second-order valence-corrected chi connectivity index (χ2v) is 9.07. The van der Waals surface area contributed by atoms with Crippen LogP contribution in [0, 0.1) is 18.6 Å². The van der Waals surface area contributed by atoms with E-state index in [4.69, 9.17) is 0 Å². The summed E-state index contributed by atoms with van der Waals surface area (Å²) in [4.78, 5) is 14.0. The van der Waals surface area contributed by atoms with Crippen LogP contribution < -0.4 is 0 Å². The maximum atomic E-state index is 14.0. The molecule has 4 rings (SSSR count). The average Bonchev–Trinajstić information content (AvgIpc) is 3.15. The smallest absolute Gasteiger partial charge is 0.257 e. The number of amides is 1. The minimum Gasteiger partial charge on any atom is -0.336 e. The summed E-state index contributed by atoms with van der Waals surface area (Å²) in [5, 5.41) is 4.30. The molecule has 0 atom stereocenters. The molecule has 0 saturated carbocycles. The normalized spacial score (nSPS) is 15.3. The van der Waals surface area contributed by atoms with Crippen LogP contribution in [0.2, 0.25) is 0 Å². The highest BCUT2D eigenvalue weighted by atomic mass is 32.2. The van der Waals surface area contributed by atoms with Gasteiger partial charge in [0.2, 0.25) is 10.0 Å². The first-order valence-corrected chi connectivity index (χ1v) is 11.1. The summed E-state index contributed by atoms with van der Waals surface area (Å²) in [5.41, 5.74) is 1.95. The lowest BCUT2D eigenvalue weighted by Gasteiger charge is -2.34. The van der Waals surface area contributed by atoms with Crippen LogP contribution in [0.4, 0.5) is 8.78 Å². The fourth-order valence-electron chi connectivity index (χ4n) is 3.57. The summed E-state index contributed by atoms with van der Waals surface area (Å²) in [5.74, 6) is -2.23. The van der Waals surface area contributed by atoms with E-state index in [1.54, 1.807) is 16.5 Å². The number of benzene rings is 2. The Hall–Kier alpha value is -3.11. The van der Waals surface area contributed by atoms with Crippen molar-refractivity contribution in [1.82, 2.24) is 19.0 Å². The van der Waals surface area contributed by atoms with Crippen molar-refractivity contribution in [3.8, 4) is 5.69 Å². The number of carbonyl (C=O) groups excluding carboxylic acids is 1. The highest BCUT2D eigenvalue weighted by molar-refractivity contribution is 7.89. The molecule has 0 aliphatic carbocycles. The fourth-order valence-corrected chi connectivity index (χ4v) is 5.04. The number of para-hydroxylation sites is 1. The van der Waals surface area contributed by atoms with E-state index in [0.717, 1.165) is 22.1 Å². The van der Waals surface area contributed by atoms with Gasteiger partial charge in [0.25, 0.3) is 5.91 Å². The average molecular weight is 446 g/mol. The van der Waals surface area contributed by atoms with E-state index < -0.39 is 26.6 Å². The van der Waals surface area contributed by atoms with Crippen molar-refractivity contribution >= 4 is 15.9 Å². The van der Waals surface area contributed by atoms with Crippen LogP contribution in [-0.2, 0) is 10.0 Å². The molecule has 0 bridgehead atoms. The molecule has 162 valence electrons. The Bertz CT molecular complexity index is 1220. The molecule has 0 spiro atoms. The molecule has 1 aliphatic heterocycles. The Morgan fingerprint density at radius 2 is 1.68 bits per heavy atom. The zero-order valence-corrected chi connectivity index (χ0v) is 17.5. The molecule has 1 fully saturated rings. The molecule has 1 saturated heterocycles. The number of sulfonamides is 1. The zero-order chi connectivity index (χ0) is 22.2. The van der Waals surface area contributed by atoms with Crippen molar-refractivity contribution < 1.29 is 22.0 Å². The van der Waals surface area contributed by atoms with Crippen molar-refractivity contribution in [2.75, 3.05) is 26.2 Å². The number of hydrogen-bond donors (Lipinski definition) is 0. The van der Waals surface area contributed by atoms with Crippen LogP contribution in [0.15, 0.2) is 59.6 Å². The first-order valence-electron chi connectivity index (χ1n) is 9.63. The number of aromatic nitrogens is 2. The largest absolute Gasteiger partial charge is 0.336 e. The summed E-state index contributed by atoms with van der Waals surface area (Å²) in [6.45, 7) is 2.12. The van der Waals surface area contributed by atoms with Crippen LogP contribution in [0.5, 0.6) is 0 Å². The molecular formula is C21H20F2N4O3S. The number of rotatable bonds is 4. The Labute approximate surface area is 178 Å². The number of hydrogen-bond acceptors (Lipinski definition) is 4. The number of nitrogens with zero attached hydrogens (tertiary/aromatic N) is 4. The first-order chi connectivity index (χ1) is 14.8. The molecule has 1 aromatic heterocycles. The lowest BCUT2D eigenvalue weighted by Crippen LogP contribution is -2.50. The van der Waals surface area contributed by atoms with E-state index in [-0.39, 0.29) is 32.1 Å². The lowest BCUT2D eigenvalue weighted by atomic mass is 10.2. The van der Waals surface area contributed by atoms with Crippen molar-refractivity contribution in [3.05, 3.63) is 77.6 Å². The summed E-state index contributed by atoms with van der Waals surface area (Å²) in [7, 11) is -4.13. The summed E-state index contributed by atoms with van der Waals surface area (Å²) in [6, 6.07) is 11.8. The third kappa shape index (κ3) is 3.96. The monoisotopic (exact) mass is 446 g/mol. The highest BCUT2D eigenvalue weighted by Gasteiger charge is 2.33. The molecule has 7 nitrogen and oxygen atoms in total. The number of halogens is 2. The van der Waals surface area contributed by atoms with Gasteiger partial charge in [-0.15, -0.1) is 0 Å². The van der Waals surface area contributed by atoms with E-state index in [2.05, 4.69) is 5.10 Å². The third-order valence-corrected chi connectivity index (χ3v) is 7.21. The molecule has 2 aromatic carbocycles. The second-order valence-electron chi connectivity index (χ2n) is 7.16. The summed E-state index contributed by atoms with van der Waals surface area (Å²) >= 11 is 0.